The maximum absolute atomic E-state index is 12.6. The number of aliphatic hydroxyl groups is 3. The van der Waals surface area contributed by atoms with Crippen LogP contribution in [-0.2, 0) is 17.6 Å². The molecule has 1 aromatic rings. The van der Waals surface area contributed by atoms with Gasteiger partial charge in [-0.1, -0.05) is 54.5 Å². The molecule has 6 aliphatic rings. The zero-order chi connectivity index (χ0) is 28.9. The van der Waals surface area contributed by atoms with Crippen molar-refractivity contribution in [1.82, 2.24) is 0 Å². The molecule has 12 atom stereocenters. The van der Waals surface area contributed by atoms with Crippen LogP contribution in [0.15, 0.2) is 30.0 Å². The van der Waals surface area contributed by atoms with Crippen molar-refractivity contribution in [2.45, 2.75) is 96.5 Å². The molecule has 0 saturated heterocycles. The van der Waals surface area contributed by atoms with Crippen LogP contribution in [0.3, 0.4) is 0 Å². The van der Waals surface area contributed by atoms with Gasteiger partial charge in [0, 0.05) is 29.7 Å². The largest absolute Gasteiger partial charge is 0.512 e. The molecule has 226 valence electrons. The monoisotopic (exact) mass is 599 g/mol. The third-order valence-electron chi connectivity index (χ3n) is 13.7. The van der Waals surface area contributed by atoms with Crippen LogP contribution >= 0.6 is 21.6 Å². The first-order valence-corrected chi connectivity index (χ1v) is 18.5. The third-order valence-corrected chi connectivity index (χ3v) is 16.2. The van der Waals surface area contributed by atoms with Crippen LogP contribution in [0, 0.1) is 45.8 Å². The number of ether oxygens (including phenoxy) is 1. The number of fused-ring (bicyclic) bond motifs is 5. The van der Waals surface area contributed by atoms with Crippen molar-refractivity contribution in [3.8, 4) is 0 Å². The minimum Gasteiger partial charge on any atom is -0.512 e. The minimum atomic E-state index is -1.04. The van der Waals surface area contributed by atoms with Crippen LogP contribution in [0.2, 0.25) is 0 Å². The van der Waals surface area contributed by atoms with Crippen molar-refractivity contribution in [2.75, 3.05) is 23.9 Å². The van der Waals surface area contributed by atoms with Gasteiger partial charge in [-0.3, -0.25) is 0 Å². The van der Waals surface area contributed by atoms with Crippen LogP contribution in [0.25, 0.3) is 0 Å². The molecule has 0 unspecified atom stereocenters. The summed E-state index contributed by atoms with van der Waals surface area (Å²) >= 11 is 0. The number of aliphatic hydroxyl groups excluding tert-OH is 2. The number of hydrogen-bond acceptors (Lipinski definition) is 7. The molecule has 0 aromatic heterocycles. The van der Waals surface area contributed by atoms with E-state index in [0.717, 1.165) is 30.8 Å². The molecule has 1 aromatic carbocycles. The number of aryl methyl sites for hydroxylation is 1. The number of benzene rings is 1. The summed E-state index contributed by atoms with van der Waals surface area (Å²) in [5, 5.41) is 38.1. The molecular weight excluding hydrogens is 551 g/mol. The van der Waals surface area contributed by atoms with E-state index in [2.05, 4.69) is 44.3 Å². The summed E-state index contributed by atoms with van der Waals surface area (Å²) < 4.78 is 5.89. The molecule has 7 rings (SSSR count). The van der Waals surface area contributed by atoms with E-state index in [-0.39, 0.29) is 28.2 Å². The molecule has 4 N–H and O–H groups in total. The topological polar surface area (TPSA) is 82.0 Å². The molecule has 5 nitrogen and oxygen atoms in total. The normalized spacial score (nSPS) is 49.0. The van der Waals surface area contributed by atoms with Crippen molar-refractivity contribution in [2.24, 2.45) is 45.8 Å². The molecule has 4 fully saturated rings. The molecular formula is C34H49NO4S2. The molecule has 1 heterocycles. The van der Waals surface area contributed by atoms with E-state index >= 15 is 0 Å². The Labute approximate surface area is 254 Å². The van der Waals surface area contributed by atoms with E-state index in [9.17, 15) is 15.3 Å². The van der Waals surface area contributed by atoms with E-state index in [1.165, 1.54) is 42.5 Å². The van der Waals surface area contributed by atoms with Gasteiger partial charge in [-0.25, -0.2) is 0 Å². The summed E-state index contributed by atoms with van der Waals surface area (Å²) in [4.78, 5) is 0. The number of rotatable bonds is 3. The Kier molecular flexibility index (Phi) is 6.92. The van der Waals surface area contributed by atoms with E-state index < -0.39 is 17.8 Å². The summed E-state index contributed by atoms with van der Waals surface area (Å²) in [7, 11) is 5.59. The smallest absolute Gasteiger partial charge is 0.110 e. The highest BCUT2D eigenvalue weighted by atomic mass is 33.1. The Hall–Kier alpha value is -0.860. The standard InChI is InChI=1S/C34H49NO4S2/c1-6-21-8-7-20-11-23-15-33(16-24(23)17-40-41-18-26(19(2)36)35-25(21)12-20)10-9-22-14-31(3)32(33,4)29(22)30-27(37)13-28(39-5)34(30,31)38/h7-8,12-13,19,22-24,26,28-30,35-38H,6,9-11,14-18H2,1-5H3/t19-,22-,23+,24-,26+,28-,29-,30-,31-,32-,33+,34+/m0/s1. The maximum atomic E-state index is 12.6. The molecule has 0 radical (unpaired) electrons. The second-order valence-corrected chi connectivity index (χ2v) is 17.5. The zero-order valence-electron chi connectivity index (χ0n) is 25.4. The molecule has 0 amide bonds. The Bertz CT molecular complexity index is 1240. The lowest BCUT2D eigenvalue weighted by atomic mass is 9.48. The predicted molar refractivity (Wildman–Crippen MR) is 169 cm³/mol. The number of hydrogen-bond donors (Lipinski definition) is 4. The molecule has 5 aliphatic carbocycles. The molecule has 1 spiro atoms. The Morgan fingerprint density at radius 2 is 1.85 bits per heavy atom. The summed E-state index contributed by atoms with van der Waals surface area (Å²) in [6.45, 7) is 8.99. The van der Waals surface area contributed by atoms with Gasteiger partial charge in [0.2, 0.25) is 0 Å². The molecule has 41 heavy (non-hydrogen) atoms. The first-order valence-electron chi connectivity index (χ1n) is 16.0. The first-order chi connectivity index (χ1) is 19.5. The third kappa shape index (κ3) is 3.68. The average molecular weight is 600 g/mol. The van der Waals surface area contributed by atoms with Crippen LogP contribution in [0.4, 0.5) is 5.69 Å². The van der Waals surface area contributed by atoms with Crippen molar-refractivity contribution >= 4 is 27.3 Å². The van der Waals surface area contributed by atoms with E-state index in [1.807, 2.05) is 34.6 Å². The summed E-state index contributed by atoms with van der Waals surface area (Å²) in [6, 6.07) is 7.03. The first kappa shape index (κ1) is 28.9. The minimum absolute atomic E-state index is 0.0241. The average Bonchev–Trinajstić information content (AvgIpc) is 3.53. The van der Waals surface area contributed by atoms with Crippen molar-refractivity contribution in [3.05, 3.63) is 41.2 Å². The van der Waals surface area contributed by atoms with Gasteiger partial charge in [0.1, 0.15) is 11.7 Å². The van der Waals surface area contributed by atoms with E-state index in [4.69, 9.17) is 4.74 Å². The van der Waals surface area contributed by atoms with Crippen LogP contribution in [0.1, 0.15) is 70.9 Å². The summed E-state index contributed by atoms with van der Waals surface area (Å²) in [5.41, 5.74) is 2.67. The molecule has 1 aliphatic heterocycles. The van der Waals surface area contributed by atoms with Crippen molar-refractivity contribution < 1.29 is 20.1 Å². The molecule has 6 bridgehead atoms. The van der Waals surface area contributed by atoms with Crippen molar-refractivity contribution in [3.63, 3.8) is 0 Å². The van der Waals surface area contributed by atoms with Crippen LogP contribution in [0.5, 0.6) is 0 Å². The predicted octanol–water partition coefficient (Wildman–Crippen LogP) is 6.63. The summed E-state index contributed by atoms with van der Waals surface area (Å²) in [6.07, 6.45) is 8.92. The molecule has 4 saturated carbocycles. The quantitative estimate of drug-likeness (QED) is 0.290. The van der Waals surface area contributed by atoms with Crippen LogP contribution < -0.4 is 5.32 Å². The van der Waals surface area contributed by atoms with Crippen LogP contribution in [-0.4, -0.2) is 57.8 Å². The van der Waals surface area contributed by atoms with E-state index in [1.54, 1.807) is 7.11 Å². The Morgan fingerprint density at radius 1 is 1.10 bits per heavy atom. The van der Waals surface area contributed by atoms with Gasteiger partial charge >= 0.3 is 0 Å². The fraction of sp³-hybridized carbons (Fsp3) is 0.765. The highest BCUT2D eigenvalue weighted by Gasteiger charge is 2.86. The van der Waals surface area contributed by atoms with Gasteiger partial charge in [0.05, 0.1) is 23.8 Å². The van der Waals surface area contributed by atoms with Gasteiger partial charge in [-0.05, 0) is 110 Å². The SMILES string of the molecule is CCc1ccc2cc1N[C@@H]([C@H](C)O)CSSC[C@@H]1C[C@@]3(CC[C@H]4C[C@]5(C)[C@@]6(O)[C@@H](OC)C=C(O)[C@H]6[C@H]4[C@]35C)C[C@H]1C2. The Morgan fingerprint density at radius 3 is 2.59 bits per heavy atom. The number of nitrogens with one attached hydrogen (secondary N) is 1. The lowest BCUT2D eigenvalue weighted by molar-refractivity contribution is -0.181. The van der Waals surface area contributed by atoms with Gasteiger partial charge in [-0.15, -0.1) is 0 Å². The second-order valence-electron chi connectivity index (χ2n) is 14.9. The summed E-state index contributed by atoms with van der Waals surface area (Å²) in [5.74, 6) is 4.26. The molecule has 7 heteroatoms. The highest BCUT2D eigenvalue weighted by molar-refractivity contribution is 8.76. The Balaban J connectivity index is 1.26. The lowest BCUT2D eigenvalue weighted by Crippen LogP contribution is -2.59. The second kappa shape index (κ2) is 9.82. The van der Waals surface area contributed by atoms with Gasteiger partial charge < -0.3 is 25.4 Å². The zero-order valence-corrected chi connectivity index (χ0v) is 27.0. The van der Waals surface area contributed by atoms with E-state index in [0.29, 0.717) is 29.4 Å². The van der Waals surface area contributed by atoms with Crippen molar-refractivity contribution in [1.29, 1.82) is 0 Å². The maximum Gasteiger partial charge on any atom is 0.110 e. The van der Waals surface area contributed by atoms with Gasteiger partial charge in [0.25, 0.3) is 0 Å². The number of anilines is 1. The lowest BCUT2D eigenvalue weighted by Gasteiger charge is -2.57. The highest BCUT2D eigenvalue weighted by Crippen LogP contribution is 2.86. The fourth-order valence-electron chi connectivity index (χ4n) is 11.7. The van der Waals surface area contributed by atoms with Gasteiger partial charge in [-0.2, -0.15) is 0 Å². The number of methoxy groups -OCH3 is 1. The fourth-order valence-corrected chi connectivity index (χ4v) is 14.5. The van der Waals surface area contributed by atoms with Gasteiger partial charge in [0.15, 0.2) is 0 Å².